The Morgan fingerprint density at radius 3 is 2.02 bits per heavy atom. The molecule has 1 rings (SSSR count). The van der Waals surface area contributed by atoms with E-state index in [9.17, 15) is 29.4 Å². The molecule has 0 heterocycles. The van der Waals surface area contributed by atoms with Crippen LogP contribution >= 0.6 is 0 Å². The number of methoxy groups -OCH3 is 1. The van der Waals surface area contributed by atoms with E-state index in [1.165, 1.54) is 32.4 Å². The third kappa shape index (κ3) is 18.1. The Kier molecular flexibility index (Phi) is 22.2. The lowest BCUT2D eigenvalue weighted by atomic mass is 9.82. The molecule has 0 saturated carbocycles. The molecule has 0 radical (unpaired) electrons. The normalized spacial score (nSPS) is 14.1. The van der Waals surface area contributed by atoms with Gasteiger partial charge in [0.25, 0.3) is 0 Å². The average Bonchev–Trinajstić information content (AvgIpc) is 3.06. The summed E-state index contributed by atoms with van der Waals surface area (Å²) >= 11 is 0. The third-order valence-corrected chi connectivity index (χ3v) is 8.44. The van der Waals surface area contributed by atoms with Crippen LogP contribution in [0.2, 0.25) is 0 Å². The van der Waals surface area contributed by atoms with Crippen LogP contribution in [0, 0.1) is 5.92 Å². The lowest BCUT2D eigenvalue weighted by Gasteiger charge is -2.34. The van der Waals surface area contributed by atoms with Crippen LogP contribution in [0.4, 0.5) is 0 Å². The summed E-state index contributed by atoms with van der Waals surface area (Å²) < 4.78 is 16.2. The van der Waals surface area contributed by atoms with E-state index in [0.29, 0.717) is 37.4 Å². The maximum absolute atomic E-state index is 13.9. The van der Waals surface area contributed by atoms with E-state index in [-0.39, 0.29) is 6.42 Å². The Morgan fingerprint density at radius 1 is 0.860 bits per heavy atom. The number of aliphatic hydroxyl groups excluding tert-OH is 1. The highest BCUT2D eigenvalue weighted by molar-refractivity contribution is 5.93. The first kappa shape index (κ1) is 44.8. The quantitative estimate of drug-likeness (QED) is 0.0502. The number of hydrogen-bond acceptors (Lipinski definition) is 9. The van der Waals surface area contributed by atoms with Crippen molar-refractivity contribution in [3.05, 3.63) is 42.0 Å². The van der Waals surface area contributed by atoms with Gasteiger partial charge >= 0.3 is 11.9 Å². The molecule has 3 N–H and O–H groups in total. The number of ketones is 1. The van der Waals surface area contributed by atoms with Crippen molar-refractivity contribution < 1.29 is 43.6 Å². The second-order valence-electron chi connectivity index (χ2n) is 14.1. The van der Waals surface area contributed by atoms with E-state index < -0.39 is 54.0 Å². The fourth-order valence-electron chi connectivity index (χ4n) is 5.49. The van der Waals surface area contributed by atoms with Gasteiger partial charge in [0, 0.05) is 32.3 Å². The lowest BCUT2D eigenvalue weighted by Crippen LogP contribution is -2.56. The van der Waals surface area contributed by atoms with E-state index in [0.717, 1.165) is 56.9 Å². The predicted molar refractivity (Wildman–Crippen MR) is 196 cm³/mol. The van der Waals surface area contributed by atoms with Gasteiger partial charge in [0.2, 0.25) is 5.91 Å². The van der Waals surface area contributed by atoms with Gasteiger partial charge in [-0.3, -0.25) is 9.59 Å². The number of esters is 2. The number of amides is 1. The van der Waals surface area contributed by atoms with Crippen LogP contribution in [0.25, 0.3) is 0 Å². The number of rotatable bonds is 27. The minimum atomic E-state index is -2.41. The highest BCUT2D eigenvalue weighted by Crippen LogP contribution is 2.29. The number of nitrogens with one attached hydrogen (secondary N) is 1. The van der Waals surface area contributed by atoms with Crippen molar-refractivity contribution in [3.8, 4) is 5.75 Å². The van der Waals surface area contributed by atoms with E-state index >= 15 is 0 Å². The lowest BCUT2D eigenvalue weighted by molar-refractivity contribution is -0.185. The molecule has 3 atom stereocenters. The monoisotopic (exact) mass is 703 g/mol. The molecule has 50 heavy (non-hydrogen) atoms. The number of unbranched alkanes of at least 4 members (excludes halogenated alkanes) is 9. The zero-order valence-corrected chi connectivity index (χ0v) is 31.6. The van der Waals surface area contributed by atoms with Gasteiger partial charge in [-0.25, -0.2) is 9.59 Å². The summed E-state index contributed by atoms with van der Waals surface area (Å²) in [7, 11) is 1.22. The Balaban J connectivity index is 3.02. The molecule has 0 aliphatic heterocycles. The van der Waals surface area contributed by atoms with Gasteiger partial charge in [-0.05, 0) is 70.6 Å². The average molecular weight is 704 g/mol. The first-order valence-electron chi connectivity index (χ1n) is 18.7. The Labute approximate surface area is 300 Å². The molecule has 0 saturated heterocycles. The zero-order chi connectivity index (χ0) is 37.4. The van der Waals surface area contributed by atoms with Crippen molar-refractivity contribution in [2.45, 2.75) is 155 Å². The highest BCUT2D eigenvalue weighted by Gasteiger charge is 2.49. The van der Waals surface area contributed by atoms with Crippen molar-refractivity contribution in [1.82, 2.24) is 5.32 Å². The molecule has 0 spiro atoms. The number of Topliss-reactive ketones (excluding diaryl/α,β-unsaturated/α-hetero) is 1. The zero-order valence-electron chi connectivity index (χ0n) is 31.6. The largest absolute Gasteiger partial charge is 0.494 e. The van der Waals surface area contributed by atoms with Crippen LogP contribution in [0.15, 0.2) is 36.4 Å². The number of carbonyl (C=O) groups excluding carboxylic acids is 4. The van der Waals surface area contributed by atoms with Crippen molar-refractivity contribution in [3.63, 3.8) is 0 Å². The van der Waals surface area contributed by atoms with Gasteiger partial charge in [-0.2, -0.15) is 0 Å². The molecule has 10 nitrogen and oxygen atoms in total. The number of allylic oxidation sites excluding steroid dienone is 1. The molecule has 0 bridgehead atoms. The SMILES string of the molecule is CCCCCCCC(=O)CCCCCC/C=C/C(C(=O)N[C@@H](Cc1ccc(OCCCC)cc1)C(=O)OC)C(O)(CCO)C(=O)OC(C)(C)C. The first-order chi connectivity index (χ1) is 23.8. The summed E-state index contributed by atoms with van der Waals surface area (Å²) in [5.41, 5.74) is -2.64. The minimum Gasteiger partial charge on any atom is -0.494 e. The van der Waals surface area contributed by atoms with Crippen LogP contribution in [0.3, 0.4) is 0 Å². The molecular weight excluding hydrogens is 638 g/mol. The number of benzene rings is 1. The molecule has 2 unspecified atom stereocenters. The third-order valence-electron chi connectivity index (χ3n) is 8.44. The fourth-order valence-corrected chi connectivity index (χ4v) is 5.49. The number of hydrogen-bond donors (Lipinski definition) is 3. The van der Waals surface area contributed by atoms with E-state index in [2.05, 4.69) is 19.2 Å². The summed E-state index contributed by atoms with van der Waals surface area (Å²) in [5, 5.41) is 24.2. The number of carbonyl (C=O) groups is 4. The van der Waals surface area contributed by atoms with Gasteiger partial charge in [0.1, 0.15) is 23.2 Å². The summed E-state index contributed by atoms with van der Waals surface area (Å²) in [4.78, 5) is 52.2. The van der Waals surface area contributed by atoms with Crippen LogP contribution < -0.4 is 10.1 Å². The second-order valence-corrected chi connectivity index (χ2v) is 14.1. The van der Waals surface area contributed by atoms with Crippen molar-refractivity contribution >= 4 is 23.6 Å². The van der Waals surface area contributed by atoms with Crippen LogP contribution in [0.1, 0.15) is 136 Å². The molecule has 0 aliphatic rings. The first-order valence-corrected chi connectivity index (χ1v) is 18.7. The van der Waals surface area contributed by atoms with Crippen LogP contribution in [-0.2, 0) is 35.1 Å². The summed E-state index contributed by atoms with van der Waals surface area (Å²) in [6.45, 7) is 9.19. The molecular formula is C40H65NO9. The Hall–Kier alpha value is -3.24. The van der Waals surface area contributed by atoms with Crippen LogP contribution in [-0.4, -0.2) is 71.4 Å². The van der Waals surface area contributed by atoms with Gasteiger partial charge < -0.3 is 29.7 Å². The molecule has 1 aromatic rings. The topological polar surface area (TPSA) is 148 Å². The maximum atomic E-state index is 13.9. The van der Waals surface area contributed by atoms with Gasteiger partial charge in [0.05, 0.1) is 19.6 Å². The van der Waals surface area contributed by atoms with E-state index in [4.69, 9.17) is 14.2 Å². The number of ether oxygens (including phenoxy) is 3. The second kappa shape index (κ2) is 24.8. The molecule has 0 fully saturated rings. The van der Waals surface area contributed by atoms with Gasteiger partial charge in [-0.1, -0.05) is 83.1 Å². The Morgan fingerprint density at radius 2 is 1.46 bits per heavy atom. The van der Waals surface area contributed by atoms with E-state index in [1.54, 1.807) is 51.1 Å². The van der Waals surface area contributed by atoms with Crippen molar-refractivity contribution in [2.24, 2.45) is 5.92 Å². The molecule has 1 amide bonds. The minimum absolute atomic E-state index is 0.0936. The molecule has 10 heteroatoms. The number of aliphatic hydroxyl groups is 2. The molecule has 284 valence electrons. The van der Waals surface area contributed by atoms with E-state index in [1.807, 2.05) is 0 Å². The standard InChI is InChI=1S/C40H65NO9/c1-7-9-11-14-17-20-32(43)21-18-15-12-13-16-19-22-34(40(47,27-28-42)38(46)50-39(3,4)5)36(44)41-35(37(45)48-6)30-31-23-25-33(26-24-31)49-29-10-8-2/h19,22-26,34-35,42,47H,7-18,20-21,27-30H2,1-6H3,(H,41,44)/b22-19+/t34?,35-,40?/m0/s1. The smallest absolute Gasteiger partial charge is 0.339 e. The van der Waals surface area contributed by atoms with Crippen molar-refractivity contribution in [1.29, 1.82) is 0 Å². The fraction of sp³-hybridized carbons (Fsp3) is 0.700. The van der Waals surface area contributed by atoms with Gasteiger partial charge in [0.15, 0.2) is 5.60 Å². The van der Waals surface area contributed by atoms with Crippen LogP contribution in [0.5, 0.6) is 5.75 Å². The van der Waals surface area contributed by atoms with Gasteiger partial charge in [-0.15, -0.1) is 0 Å². The predicted octanol–water partition coefficient (Wildman–Crippen LogP) is 6.96. The molecule has 0 aromatic heterocycles. The van der Waals surface area contributed by atoms with Crippen molar-refractivity contribution in [2.75, 3.05) is 20.3 Å². The Bertz CT molecular complexity index is 1160. The molecule has 0 aliphatic carbocycles. The molecule has 1 aromatic carbocycles. The summed E-state index contributed by atoms with van der Waals surface area (Å²) in [6, 6.07) is 6.07. The summed E-state index contributed by atoms with van der Waals surface area (Å²) in [6.07, 6.45) is 15.6. The maximum Gasteiger partial charge on any atom is 0.339 e. The highest BCUT2D eigenvalue weighted by atomic mass is 16.6. The summed E-state index contributed by atoms with van der Waals surface area (Å²) in [5.74, 6) is -2.99.